The molecule has 0 aromatic rings. The van der Waals surface area contributed by atoms with Gasteiger partial charge in [0.15, 0.2) is 5.60 Å². The number of hydrogen-bond acceptors (Lipinski definition) is 5. The van der Waals surface area contributed by atoms with E-state index >= 15 is 0 Å². The first-order valence-electron chi connectivity index (χ1n) is 5.93. The third-order valence-corrected chi connectivity index (χ3v) is 2.30. The summed E-state index contributed by atoms with van der Waals surface area (Å²) in [7, 11) is 0. The number of ether oxygens (including phenoxy) is 1. The van der Waals surface area contributed by atoms with E-state index in [1.165, 1.54) is 4.90 Å². The van der Waals surface area contributed by atoms with Gasteiger partial charge in [-0.3, -0.25) is 5.41 Å². The molecule has 0 bridgehead atoms. The molecule has 1 saturated heterocycles. The van der Waals surface area contributed by atoms with E-state index in [0.29, 0.717) is 0 Å². The molecule has 8 nitrogen and oxygen atoms in total. The number of β-amino-alcohol motifs (C(OH)–C–C–N with tert-alkyl or cyclic N) is 1. The van der Waals surface area contributed by atoms with E-state index in [0.717, 1.165) is 0 Å². The number of aliphatic hydroxyl groups is 1. The van der Waals surface area contributed by atoms with Crippen molar-refractivity contribution in [2.75, 3.05) is 13.1 Å². The van der Waals surface area contributed by atoms with Gasteiger partial charge >= 0.3 is 18.2 Å². The standard InChI is InChI=1S/C9H17N3O3.C2HF3O2/c1-8(2,3)15-7(13)12-4-9(14,5-12)6(10)11;3-2(4,5)1(6)7/h14H,4-5H2,1-3H3,(H3,10,11);(H,6,7). The Hall–Kier alpha value is -2.04. The number of nitrogens with one attached hydrogen (secondary N) is 1. The van der Waals surface area contributed by atoms with E-state index in [1.807, 2.05) is 0 Å². The smallest absolute Gasteiger partial charge is 0.475 e. The summed E-state index contributed by atoms with van der Waals surface area (Å²) < 4.78 is 36.8. The van der Waals surface area contributed by atoms with E-state index in [2.05, 4.69) is 0 Å². The molecular formula is C11H18F3N3O5. The molecule has 11 heteroatoms. The molecule has 0 saturated carbocycles. The molecule has 1 aliphatic heterocycles. The zero-order valence-corrected chi connectivity index (χ0v) is 12.2. The lowest BCUT2D eigenvalue weighted by atomic mass is 9.94. The fraction of sp³-hybridized carbons (Fsp3) is 0.727. The molecule has 0 aliphatic carbocycles. The van der Waals surface area contributed by atoms with Crippen LogP contribution in [0.3, 0.4) is 0 Å². The summed E-state index contributed by atoms with van der Waals surface area (Å²) in [6.45, 7) is 5.35. The largest absolute Gasteiger partial charge is 0.490 e. The molecule has 5 N–H and O–H groups in total. The highest BCUT2D eigenvalue weighted by Crippen LogP contribution is 2.23. The fourth-order valence-electron chi connectivity index (χ4n) is 1.21. The lowest BCUT2D eigenvalue weighted by Gasteiger charge is -2.45. The minimum Gasteiger partial charge on any atom is -0.475 e. The summed E-state index contributed by atoms with van der Waals surface area (Å²) in [5, 5.41) is 23.8. The van der Waals surface area contributed by atoms with Gasteiger partial charge in [0.1, 0.15) is 11.4 Å². The first kappa shape index (κ1) is 20.0. The van der Waals surface area contributed by atoms with Gasteiger partial charge in [-0.1, -0.05) is 0 Å². The molecule has 0 atom stereocenters. The summed E-state index contributed by atoms with van der Waals surface area (Å²) in [5.74, 6) is -3.07. The molecule has 0 radical (unpaired) electrons. The van der Waals surface area contributed by atoms with Gasteiger partial charge in [0, 0.05) is 0 Å². The number of amides is 1. The van der Waals surface area contributed by atoms with E-state index in [1.54, 1.807) is 20.8 Å². The Labute approximate surface area is 124 Å². The molecule has 1 amide bonds. The maximum Gasteiger partial charge on any atom is 0.490 e. The summed E-state index contributed by atoms with van der Waals surface area (Å²) in [6.07, 6.45) is -5.58. The van der Waals surface area contributed by atoms with E-state index in [4.69, 9.17) is 25.8 Å². The second kappa shape index (κ2) is 6.38. The van der Waals surface area contributed by atoms with Crippen LogP contribution in [0.25, 0.3) is 0 Å². The average Bonchev–Trinajstić information content (AvgIpc) is 2.21. The summed E-state index contributed by atoms with van der Waals surface area (Å²) in [6, 6.07) is 0. The lowest BCUT2D eigenvalue weighted by molar-refractivity contribution is -0.192. The molecule has 0 aromatic heterocycles. The Bertz CT molecular complexity index is 453. The van der Waals surface area contributed by atoms with Crippen molar-refractivity contribution >= 4 is 17.9 Å². The van der Waals surface area contributed by atoms with E-state index in [-0.39, 0.29) is 18.9 Å². The number of carbonyl (C=O) groups excluding carboxylic acids is 1. The van der Waals surface area contributed by atoms with Crippen LogP contribution >= 0.6 is 0 Å². The monoisotopic (exact) mass is 329 g/mol. The zero-order chi connectivity index (χ0) is 17.9. The zero-order valence-electron chi connectivity index (χ0n) is 12.2. The predicted molar refractivity (Wildman–Crippen MR) is 68.4 cm³/mol. The van der Waals surface area contributed by atoms with Gasteiger partial charge in [-0.05, 0) is 20.8 Å². The molecule has 0 aromatic carbocycles. The van der Waals surface area contributed by atoms with Gasteiger partial charge < -0.3 is 25.6 Å². The predicted octanol–water partition coefficient (Wildman–Crippen LogP) is 0.537. The van der Waals surface area contributed by atoms with Crippen molar-refractivity contribution in [3.05, 3.63) is 0 Å². The number of amidine groups is 1. The van der Waals surface area contributed by atoms with Crippen LogP contribution in [0.4, 0.5) is 18.0 Å². The van der Waals surface area contributed by atoms with Crippen molar-refractivity contribution in [2.45, 2.75) is 38.1 Å². The van der Waals surface area contributed by atoms with E-state index in [9.17, 15) is 23.1 Å². The minimum absolute atomic E-state index is 0.0250. The molecule has 0 spiro atoms. The summed E-state index contributed by atoms with van der Waals surface area (Å²) in [5.41, 5.74) is 3.26. The van der Waals surface area contributed by atoms with Crippen LogP contribution in [-0.2, 0) is 9.53 Å². The van der Waals surface area contributed by atoms with Crippen molar-refractivity contribution in [3.63, 3.8) is 0 Å². The number of aliphatic carboxylic acids is 1. The number of nitrogens with two attached hydrogens (primary N) is 1. The first-order valence-corrected chi connectivity index (χ1v) is 5.93. The Morgan fingerprint density at radius 3 is 1.86 bits per heavy atom. The SMILES string of the molecule is CC(C)(C)OC(=O)N1CC(O)(C(=N)N)C1.O=C(O)C(F)(F)F. The Morgan fingerprint density at radius 1 is 1.27 bits per heavy atom. The number of carboxylic acid groups (broad SMARTS) is 1. The van der Waals surface area contributed by atoms with Gasteiger partial charge in [0.2, 0.25) is 0 Å². The van der Waals surface area contributed by atoms with E-state index < -0.39 is 29.4 Å². The lowest BCUT2D eigenvalue weighted by Crippen LogP contribution is -2.69. The average molecular weight is 329 g/mol. The van der Waals surface area contributed by atoms with Gasteiger partial charge in [-0.2, -0.15) is 13.2 Å². The highest BCUT2D eigenvalue weighted by molar-refractivity contribution is 5.89. The number of alkyl halides is 3. The number of halogens is 3. The molecular weight excluding hydrogens is 311 g/mol. The maximum atomic E-state index is 11.4. The van der Waals surface area contributed by atoms with Crippen molar-refractivity contribution in [1.29, 1.82) is 5.41 Å². The molecule has 128 valence electrons. The van der Waals surface area contributed by atoms with Crippen LogP contribution < -0.4 is 5.73 Å². The second-order valence-electron chi connectivity index (χ2n) is 5.58. The third kappa shape index (κ3) is 6.16. The number of nitrogens with zero attached hydrogens (tertiary/aromatic N) is 1. The number of likely N-dealkylation sites (tertiary alicyclic amines) is 1. The third-order valence-electron chi connectivity index (χ3n) is 2.30. The van der Waals surface area contributed by atoms with Crippen molar-refractivity contribution in [2.24, 2.45) is 5.73 Å². The molecule has 1 heterocycles. The second-order valence-corrected chi connectivity index (χ2v) is 5.58. The molecule has 0 unspecified atom stereocenters. The Morgan fingerprint density at radius 2 is 1.64 bits per heavy atom. The molecule has 1 fully saturated rings. The topological polar surface area (TPSA) is 137 Å². The number of hydrogen-bond donors (Lipinski definition) is 4. The highest BCUT2D eigenvalue weighted by atomic mass is 19.4. The highest BCUT2D eigenvalue weighted by Gasteiger charge is 2.47. The molecule has 1 rings (SSSR count). The summed E-state index contributed by atoms with van der Waals surface area (Å²) in [4.78, 5) is 21.6. The number of carboxylic acids is 1. The molecule has 22 heavy (non-hydrogen) atoms. The van der Waals surface area contributed by atoms with Crippen LogP contribution in [0.2, 0.25) is 0 Å². The van der Waals surface area contributed by atoms with Crippen LogP contribution in [0.1, 0.15) is 20.8 Å². The van der Waals surface area contributed by atoms with Gasteiger partial charge in [-0.25, -0.2) is 9.59 Å². The van der Waals surface area contributed by atoms with Crippen LogP contribution in [0.5, 0.6) is 0 Å². The first-order chi connectivity index (χ1) is 9.58. The fourth-order valence-corrected chi connectivity index (χ4v) is 1.21. The van der Waals surface area contributed by atoms with Gasteiger partial charge in [-0.15, -0.1) is 0 Å². The maximum absolute atomic E-state index is 11.4. The van der Waals surface area contributed by atoms with Gasteiger partial charge in [0.05, 0.1) is 13.1 Å². The van der Waals surface area contributed by atoms with Crippen molar-refractivity contribution in [1.82, 2.24) is 4.90 Å². The van der Waals surface area contributed by atoms with Crippen LogP contribution in [-0.4, -0.2) is 63.5 Å². The quantitative estimate of drug-likeness (QED) is 0.409. The van der Waals surface area contributed by atoms with Crippen LogP contribution in [0, 0.1) is 5.41 Å². The Kier molecular flexibility index (Phi) is 5.79. The van der Waals surface area contributed by atoms with Crippen molar-refractivity contribution in [3.8, 4) is 0 Å². The Balaban J connectivity index is 0.000000534. The van der Waals surface area contributed by atoms with Crippen molar-refractivity contribution < 1.29 is 37.7 Å². The summed E-state index contributed by atoms with van der Waals surface area (Å²) >= 11 is 0. The minimum atomic E-state index is -5.08. The van der Waals surface area contributed by atoms with Gasteiger partial charge in [0.25, 0.3) is 0 Å². The van der Waals surface area contributed by atoms with Crippen LogP contribution in [0.15, 0.2) is 0 Å². The normalized spacial score (nSPS) is 16.8. The molecule has 1 aliphatic rings. The number of rotatable bonds is 1. The number of carbonyl (C=O) groups is 2.